The van der Waals surface area contributed by atoms with E-state index in [0.717, 1.165) is 51.4 Å². The zero-order chi connectivity index (χ0) is 27.0. The molecule has 0 saturated carbocycles. The summed E-state index contributed by atoms with van der Waals surface area (Å²) < 4.78 is 11.8. The van der Waals surface area contributed by atoms with Gasteiger partial charge in [-0.1, -0.05) is 60.7 Å². The van der Waals surface area contributed by atoms with Crippen molar-refractivity contribution in [3.63, 3.8) is 0 Å². The van der Waals surface area contributed by atoms with Crippen molar-refractivity contribution in [1.29, 1.82) is 0 Å². The van der Waals surface area contributed by atoms with Gasteiger partial charge in [-0.05, 0) is 30.5 Å². The third kappa shape index (κ3) is 5.12. The molecule has 39 heavy (non-hydrogen) atoms. The summed E-state index contributed by atoms with van der Waals surface area (Å²) in [4.78, 5) is 22.3. The fraction of sp³-hybridized carbons (Fsp3) is 0.355. The standard InChI is InChI=1S/C31H34N4O3S/c1-31(2)17-22-24(19-38-31)28(35-13-15-37-16-14-35)34-30-25(22)26(32)27(39-30)29(36)33-18-23(20-9-5-3-6-10-20)21-11-7-4-8-12-21/h3-12,23H,13-19,32H2,1-2H3,(H,33,36). The number of nitrogen functional groups attached to an aromatic ring is 1. The maximum absolute atomic E-state index is 13.6. The van der Waals surface area contributed by atoms with E-state index in [1.54, 1.807) is 0 Å². The lowest BCUT2D eigenvalue weighted by molar-refractivity contribution is -0.0396. The largest absolute Gasteiger partial charge is 0.397 e. The van der Waals surface area contributed by atoms with Crippen LogP contribution >= 0.6 is 11.3 Å². The molecule has 0 aliphatic carbocycles. The fourth-order valence-corrected chi connectivity index (χ4v) is 6.66. The zero-order valence-electron chi connectivity index (χ0n) is 22.4. The second kappa shape index (κ2) is 10.6. The Morgan fingerprint density at radius 2 is 1.69 bits per heavy atom. The van der Waals surface area contributed by atoms with Crippen molar-refractivity contribution in [3.05, 3.63) is 87.8 Å². The predicted octanol–water partition coefficient (Wildman–Crippen LogP) is 5.13. The summed E-state index contributed by atoms with van der Waals surface area (Å²) in [7, 11) is 0. The van der Waals surface area contributed by atoms with Gasteiger partial charge in [-0.2, -0.15) is 0 Å². The second-order valence-corrected chi connectivity index (χ2v) is 11.8. The number of carbonyl (C=O) groups is 1. The number of hydrogen-bond acceptors (Lipinski definition) is 7. The summed E-state index contributed by atoms with van der Waals surface area (Å²) >= 11 is 1.38. The van der Waals surface area contributed by atoms with Crippen molar-refractivity contribution in [2.24, 2.45) is 0 Å². The summed E-state index contributed by atoms with van der Waals surface area (Å²) in [5, 5.41) is 4.08. The van der Waals surface area contributed by atoms with Gasteiger partial charge in [-0.15, -0.1) is 11.3 Å². The summed E-state index contributed by atoms with van der Waals surface area (Å²) in [6, 6.07) is 20.5. The predicted molar refractivity (Wildman–Crippen MR) is 157 cm³/mol. The molecule has 0 radical (unpaired) electrons. The first-order chi connectivity index (χ1) is 18.9. The second-order valence-electron chi connectivity index (χ2n) is 10.8. The number of fused-ring (bicyclic) bond motifs is 3. The van der Waals surface area contributed by atoms with Crippen LogP contribution < -0.4 is 16.0 Å². The zero-order valence-corrected chi connectivity index (χ0v) is 23.2. The third-order valence-corrected chi connectivity index (χ3v) is 8.77. The van der Waals surface area contributed by atoms with Gasteiger partial charge in [-0.3, -0.25) is 4.79 Å². The highest BCUT2D eigenvalue weighted by Crippen LogP contribution is 2.43. The maximum atomic E-state index is 13.6. The molecule has 0 unspecified atom stereocenters. The molecule has 4 aromatic rings. The van der Waals surface area contributed by atoms with E-state index in [1.165, 1.54) is 11.3 Å². The highest BCUT2D eigenvalue weighted by atomic mass is 32.1. The Balaban J connectivity index is 1.35. The van der Waals surface area contributed by atoms with E-state index in [4.69, 9.17) is 20.2 Å². The Hall–Kier alpha value is -3.46. The molecule has 4 heterocycles. The molecule has 2 aromatic heterocycles. The van der Waals surface area contributed by atoms with Gasteiger partial charge in [0, 0.05) is 42.9 Å². The molecule has 0 bridgehead atoms. The molecule has 1 saturated heterocycles. The normalized spacial score (nSPS) is 16.8. The number of ether oxygens (including phenoxy) is 2. The summed E-state index contributed by atoms with van der Waals surface area (Å²) in [6.07, 6.45) is 0.713. The first kappa shape index (κ1) is 25.8. The lowest BCUT2D eigenvalue weighted by Crippen LogP contribution is -2.39. The van der Waals surface area contributed by atoms with E-state index in [-0.39, 0.29) is 17.4 Å². The number of benzene rings is 2. The number of thiophene rings is 1. The van der Waals surface area contributed by atoms with Crippen molar-refractivity contribution >= 4 is 39.0 Å². The van der Waals surface area contributed by atoms with Gasteiger partial charge in [0.25, 0.3) is 5.91 Å². The van der Waals surface area contributed by atoms with E-state index in [2.05, 4.69) is 48.3 Å². The van der Waals surface area contributed by atoms with Crippen LogP contribution in [0.25, 0.3) is 10.2 Å². The van der Waals surface area contributed by atoms with E-state index in [9.17, 15) is 4.79 Å². The molecule has 2 aliphatic heterocycles. The van der Waals surface area contributed by atoms with Crippen LogP contribution in [0.15, 0.2) is 60.7 Å². The number of rotatable bonds is 6. The number of morpholine rings is 1. The number of nitrogens with one attached hydrogen (secondary N) is 1. The SMILES string of the molecule is CC1(C)Cc2c(c(N3CCOCC3)nc3sc(C(=O)NCC(c4ccccc4)c4ccccc4)c(N)c23)CO1. The van der Waals surface area contributed by atoms with Crippen LogP contribution in [0.2, 0.25) is 0 Å². The molecular formula is C31H34N4O3S. The van der Waals surface area contributed by atoms with E-state index >= 15 is 0 Å². The molecule has 1 amide bonds. The molecule has 2 aliphatic rings. The van der Waals surface area contributed by atoms with Crippen molar-refractivity contribution in [1.82, 2.24) is 10.3 Å². The van der Waals surface area contributed by atoms with Gasteiger partial charge < -0.3 is 25.4 Å². The number of hydrogen-bond donors (Lipinski definition) is 2. The Kier molecular flexibility index (Phi) is 7.01. The van der Waals surface area contributed by atoms with Gasteiger partial charge in [-0.25, -0.2) is 4.98 Å². The number of anilines is 2. The highest BCUT2D eigenvalue weighted by molar-refractivity contribution is 7.21. The number of nitrogens with two attached hydrogens (primary N) is 1. The molecule has 1 fully saturated rings. The number of aromatic nitrogens is 1. The Morgan fingerprint density at radius 3 is 2.33 bits per heavy atom. The molecule has 0 atom stereocenters. The first-order valence-corrected chi connectivity index (χ1v) is 14.3. The quantitative estimate of drug-likeness (QED) is 0.351. The van der Waals surface area contributed by atoms with Crippen LogP contribution in [-0.2, 0) is 22.5 Å². The van der Waals surface area contributed by atoms with Gasteiger partial charge in [0.05, 0.1) is 31.1 Å². The molecule has 3 N–H and O–H groups in total. The van der Waals surface area contributed by atoms with Gasteiger partial charge in [0.2, 0.25) is 0 Å². The molecule has 0 spiro atoms. The van der Waals surface area contributed by atoms with Gasteiger partial charge >= 0.3 is 0 Å². The first-order valence-electron chi connectivity index (χ1n) is 13.5. The van der Waals surface area contributed by atoms with Crippen molar-refractivity contribution in [3.8, 4) is 0 Å². The van der Waals surface area contributed by atoms with Crippen molar-refractivity contribution < 1.29 is 14.3 Å². The van der Waals surface area contributed by atoms with Crippen molar-refractivity contribution in [2.45, 2.75) is 38.4 Å². The van der Waals surface area contributed by atoms with E-state index < -0.39 is 0 Å². The van der Waals surface area contributed by atoms with E-state index in [1.807, 2.05) is 36.4 Å². The molecule has 8 heteroatoms. The van der Waals surface area contributed by atoms with Crippen LogP contribution in [0, 0.1) is 0 Å². The number of pyridine rings is 1. The molecule has 2 aromatic carbocycles. The average Bonchev–Trinajstić information content (AvgIpc) is 3.30. The number of nitrogens with zero attached hydrogens (tertiary/aromatic N) is 2. The average molecular weight is 543 g/mol. The monoisotopic (exact) mass is 542 g/mol. The number of carbonyl (C=O) groups excluding carboxylic acids is 1. The molecular weight excluding hydrogens is 508 g/mol. The van der Waals surface area contributed by atoms with Gasteiger partial charge in [0.1, 0.15) is 15.5 Å². The summed E-state index contributed by atoms with van der Waals surface area (Å²) in [5.41, 5.74) is 11.5. The molecule has 202 valence electrons. The van der Waals surface area contributed by atoms with E-state index in [0.29, 0.717) is 43.4 Å². The highest BCUT2D eigenvalue weighted by Gasteiger charge is 2.34. The lowest BCUT2D eigenvalue weighted by atomic mass is 9.89. The smallest absolute Gasteiger partial charge is 0.263 e. The van der Waals surface area contributed by atoms with Crippen LogP contribution in [0.1, 0.15) is 51.7 Å². The minimum Gasteiger partial charge on any atom is -0.397 e. The maximum Gasteiger partial charge on any atom is 0.263 e. The Morgan fingerprint density at radius 1 is 1.05 bits per heavy atom. The van der Waals surface area contributed by atoms with Crippen LogP contribution in [0.5, 0.6) is 0 Å². The topological polar surface area (TPSA) is 89.7 Å². The van der Waals surface area contributed by atoms with Crippen LogP contribution in [0.3, 0.4) is 0 Å². The van der Waals surface area contributed by atoms with Crippen LogP contribution in [-0.4, -0.2) is 49.3 Å². The molecule has 6 rings (SSSR count). The Labute approximate surface area is 232 Å². The molecule has 7 nitrogen and oxygen atoms in total. The third-order valence-electron chi connectivity index (χ3n) is 7.67. The summed E-state index contributed by atoms with van der Waals surface area (Å²) in [5.74, 6) is 0.793. The van der Waals surface area contributed by atoms with Crippen molar-refractivity contribution in [2.75, 3.05) is 43.5 Å². The van der Waals surface area contributed by atoms with Crippen LogP contribution in [0.4, 0.5) is 11.5 Å². The number of amides is 1. The fourth-order valence-electron chi connectivity index (χ4n) is 5.62. The minimum atomic E-state index is -0.320. The minimum absolute atomic E-state index is 0.0312. The lowest BCUT2D eigenvalue weighted by Gasteiger charge is -2.36. The summed E-state index contributed by atoms with van der Waals surface area (Å²) in [6.45, 7) is 8.04. The van der Waals surface area contributed by atoms with Gasteiger partial charge in [0.15, 0.2) is 0 Å². The Bertz CT molecular complexity index is 1440.